The summed E-state index contributed by atoms with van der Waals surface area (Å²) in [5, 5.41) is 2.53. The van der Waals surface area contributed by atoms with Crippen molar-refractivity contribution in [2.45, 2.75) is 52.6 Å². The fraction of sp³-hybridized carbons (Fsp3) is 0.474. The normalized spacial score (nSPS) is 11.3. The van der Waals surface area contributed by atoms with Gasteiger partial charge in [-0.3, -0.25) is 5.32 Å². The molecule has 0 saturated heterocycles. The Morgan fingerprint density at radius 2 is 1.67 bits per heavy atom. The molecule has 0 fully saturated rings. The van der Waals surface area contributed by atoms with Gasteiger partial charge >= 0.3 is 6.09 Å². The highest BCUT2D eigenvalue weighted by Gasteiger charge is 2.24. The Labute approximate surface area is 145 Å². The van der Waals surface area contributed by atoms with Gasteiger partial charge in [0.1, 0.15) is 23.5 Å². The van der Waals surface area contributed by atoms with Gasteiger partial charge in [-0.05, 0) is 53.7 Å². The molecule has 1 heterocycles. The number of anilines is 1. The van der Waals surface area contributed by atoms with Crippen molar-refractivity contribution in [2.75, 3.05) is 12.4 Å². The molecule has 0 unspecified atom stereocenters. The molecule has 24 heavy (non-hydrogen) atoms. The molecule has 0 spiro atoms. The maximum Gasteiger partial charge on any atom is 0.411 e. The Balaban J connectivity index is 0.000000243. The number of methoxy groups -OCH3 is 1. The summed E-state index contributed by atoms with van der Waals surface area (Å²) in [4.78, 5) is 10.6. The van der Waals surface area contributed by atoms with Gasteiger partial charge < -0.3 is 4.74 Å². The van der Waals surface area contributed by atoms with Crippen LogP contribution in [0.3, 0.4) is 0 Å². The van der Waals surface area contributed by atoms with Crippen LogP contribution in [0.5, 0.6) is 0 Å². The number of aromatic nitrogens is 2. The number of hydrogen-bond donors (Lipinski definition) is 1. The van der Waals surface area contributed by atoms with Crippen LogP contribution in [0.25, 0.3) is 0 Å². The third-order valence-corrected chi connectivity index (χ3v) is 3.39. The molecule has 0 aliphatic rings. The first-order valence-corrected chi connectivity index (χ1v) is 8.04. The summed E-state index contributed by atoms with van der Waals surface area (Å²) in [5.74, 6) is 0. The predicted molar refractivity (Wildman–Crippen MR) is 97.1 cm³/mol. The Bertz CT molecular complexity index is 606. The van der Waals surface area contributed by atoms with E-state index in [2.05, 4.69) is 79.5 Å². The van der Waals surface area contributed by atoms with E-state index in [-0.39, 0.29) is 11.1 Å². The molecular weight excluding hydrogens is 302 g/mol. The third kappa shape index (κ3) is 6.44. The first-order valence-electron chi connectivity index (χ1n) is 8.04. The molecule has 0 saturated carbocycles. The predicted octanol–water partition coefficient (Wildman–Crippen LogP) is 4.15. The zero-order valence-electron chi connectivity index (χ0n) is 15.8. The second-order valence-corrected chi connectivity index (χ2v) is 7.55. The van der Waals surface area contributed by atoms with E-state index in [1.165, 1.54) is 7.11 Å². The average Bonchev–Trinajstić information content (AvgIpc) is 2.99. The lowest BCUT2D eigenvalue weighted by Gasteiger charge is -2.16. The monoisotopic (exact) mass is 332 g/mol. The first-order chi connectivity index (χ1) is 11.0. The molecule has 2 rings (SSSR count). The summed E-state index contributed by atoms with van der Waals surface area (Å²) in [6.07, 6.45) is 5.98. The van der Waals surface area contributed by atoms with Crippen molar-refractivity contribution in [3.63, 3.8) is 0 Å². The molecule has 1 aromatic heterocycles. The van der Waals surface area contributed by atoms with Gasteiger partial charge in [-0.1, -0.05) is 18.2 Å². The number of rotatable bonds is 1. The lowest BCUT2D eigenvalue weighted by molar-refractivity contribution is -0.753. The summed E-state index contributed by atoms with van der Waals surface area (Å²) in [6.45, 7) is 13.3. The van der Waals surface area contributed by atoms with Crippen molar-refractivity contribution in [3.8, 4) is 0 Å². The van der Waals surface area contributed by atoms with E-state index in [1.807, 2.05) is 18.2 Å². The van der Waals surface area contributed by atoms with E-state index in [9.17, 15) is 4.79 Å². The van der Waals surface area contributed by atoms with E-state index in [0.29, 0.717) is 0 Å². The Kier molecular flexibility index (Phi) is 6.58. The minimum Gasteiger partial charge on any atom is -0.453 e. The number of carbonyl (C=O) groups is 1. The number of ether oxygens (including phenoxy) is 1. The summed E-state index contributed by atoms with van der Waals surface area (Å²) < 4.78 is 8.87. The molecule has 5 heteroatoms. The van der Waals surface area contributed by atoms with E-state index < -0.39 is 6.09 Å². The lowest BCUT2D eigenvalue weighted by atomic mass is 10.1. The van der Waals surface area contributed by atoms with Crippen molar-refractivity contribution in [1.29, 1.82) is 0 Å². The van der Waals surface area contributed by atoms with Crippen LogP contribution in [0.1, 0.15) is 41.5 Å². The molecule has 0 atom stereocenters. The van der Waals surface area contributed by atoms with Crippen molar-refractivity contribution in [1.82, 2.24) is 4.57 Å². The fourth-order valence-corrected chi connectivity index (χ4v) is 1.84. The van der Waals surface area contributed by atoms with Gasteiger partial charge in [0.2, 0.25) is 6.33 Å². The number of nitrogens with one attached hydrogen (secondary N) is 1. The average molecular weight is 332 g/mol. The molecule has 0 aliphatic heterocycles. The van der Waals surface area contributed by atoms with Crippen LogP contribution < -0.4 is 9.88 Å². The largest absolute Gasteiger partial charge is 0.453 e. The Hall–Kier alpha value is -2.30. The Morgan fingerprint density at radius 3 is 2.04 bits per heavy atom. The quantitative estimate of drug-likeness (QED) is 0.798. The number of para-hydroxylation sites is 1. The van der Waals surface area contributed by atoms with Gasteiger partial charge in [0.15, 0.2) is 0 Å². The molecule has 1 aromatic carbocycles. The van der Waals surface area contributed by atoms with Crippen molar-refractivity contribution in [2.24, 2.45) is 0 Å². The lowest BCUT2D eigenvalue weighted by Crippen LogP contribution is -2.48. The molecule has 0 radical (unpaired) electrons. The van der Waals surface area contributed by atoms with Crippen LogP contribution in [-0.2, 0) is 15.8 Å². The van der Waals surface area contributed by atoms with Crippen LogP contribution in [0.15, 0.2) is 49.1 Å². The minimum absolute atomic E-state index is 0.177. The summed E-state index contributed by atoms with van der Waals surface area (Å²) >= 11 is 0. The molecule has 2 aromatic rings. The second kappa shape index (κ2) is 7.99. The van der Waals surface area contributed by atoms with Gasteiger partial charge in [0, 0.05) is 5.69 Å². The zero-order chi connectivity index (χ0) is 18.4. The number of hydrogen-bond acceptors (Lipinski definition) is 2. The summed E-state index contributed by atoms with van der Waals surface area (Å²) in [5.41, 5.74) is 1.09. The SMILES string of the molecule is CC(C)(C)n1cc[n+](C(C)(C)C)c1.COC(=O)Nc1ccccc1. The first kappa shape index (κ1) is 19.7. The number of carbonyl (C=O) groups excluding carboxylic acids is 1. The fourth-order valence-electron chi connectivity index (χ4n) is 1.84. The maximum absolute atomic E-state index is 10.6. The highest BCUT2D eigenvalue weighted by molar-refractivity contribution is 5.84. The van der Waals surface area contributed by atoms with Gasteiger partial charge in [-0.2, -0.15) is 0 Å². The van der Waals surface area contributed by atoms with E-state index in [0.717, 1.165) is 5.69 Å². The van der Waals surface area contributed by atoms with E-state index in [4.69, 9.17) is 0 Å². The van der Waals surface area contributed by atoms with Gasteiger partial charge in [0.05, 0.1) is 7.11 Å². The van der Waals surface area contributed by atoms with Crippen molar-refractivity contribution < 1.29 is 14.1 Å². The second-order valence-electron chi connectivity index (χ2n) is 7.55. The number of nitrogens with zero attached hydrogens (tertiary/aromatic N) is 2. The number of amides is 1. The highest BCUT2D eigenvalue weighted by atomic mass is 16.5. The third-order valence-electron chi connectivity index (χ3n) is 3.39. The van der Waals surface area contributed by atoms with Crippen LogP contribution in [0, 0.1) is 0 Å². The Morgan fingerprint density at radius 1 is 1.08 bits per heavy atom. The minimum atomic E-state index is -0.448. The molecule has 5 nitrogen and oxygen atoms in total. The molecule has 1 N–H and O–H groups in total. The van der Waals surface area contributed by atoms with Crippen molar-refractivity contribution in [3.05, 3.63) is 49.1 Å². The maximum atomic E-state index is 10.6. The highest BCUT2D eigenvalue weighted by Crippen LogP contribution is 2.13. The van der Waals surface area contributed by atoms with E-state index in [1.54, 1.807) is 12.1 Å². The molecule has 0 aliphatic carbocycles. The molecule has 0 bridgehead atoms. The summed E-state index contributed by atoms with van der Waals surface area (Å²) in [6, 6.07) is 9.13. The molecular formula is C19H30N3O2+. The van der Waals surface area contributed by atoms with Crippen LogP contribution in [-0.4, -0.2) is 17.8 Å². The topological polar surface area (TPSA) is 47.1 Å². The van der Waals surface area contributed by atoms with Gasteiger partial charge in [0.25, 0.3) is 0 Å². The van der Waals surface area contributed by atoms with Gasteiger partial charge in [-0.15, -0.1) is 0 Å². The van der Waals surface area contributed by atoms with Crippen LogP contribution in [0.4, 0.5) is 10.5 Å². The number of imidazole rings is 1. The van der Waals surface area contributed by atoms with Crippen LogP contribution in [0.2, 0.25) is 0 Å². The standard InChI is InChI=1S/C11H21N2.C8H9NO2/c1-10(2,3)12-7-8-13(9-12)11(4,5)6;1-11-8(10)9-7-5-3-2-4-6-7/h7-9H,1-6H3;2-6H,1H3,(H,9,10)/q+1;. The van der Waals surface area contributed by atoms with Gasteiger partial charge in [-0.25, -0.2) is 13.9 Å². The van der Waals surface area contributed by atoms with Crippen molar-refractivity contribution >= 4 is 11.8 Å². The van der Waals surface area contributed by atoms with Crippen LogP contribution >= 0.6 is 0 Å². The number of benzene rings is 1. The molecule has 1 amide bonds. The van der Waals surface area contributed by atoms with E-state index >= 15 is 0 Å². The zero-order valence-corrected chi connectivity index (χ0v) is 15.8. The molecule has 132 valence electrons. The summed E-state index contributed by atoms with van der Waals surface area (Å²) in [7, 11) is 1.33. The smallest absolute Gasteiger partial charge is 0.411 e.